The molecule has 0 aliphatic heterocycles. The lowest BCUT2D eigenvalue weighted by atomic mass is 10.3. The predicted molar refractivity (Wildman–Crippen MR) is 50.2 cm³/mol. The average Bonchev–Trinajstić information content (AvgIpc) is 1.83. The largest absolute Gasteiger partial charge is 0.240 e. The quantitative estimate of drug-likeness (QED) is 0.746. The van der Waals surface area contributed by atoms with Crippen molar-refractivity contribution in [3.05, 3.63) is 28.5 Å². The Balaban J connectivity index is 3.39. The van der Waals surface area contributed by atoms with E-state index in [4.69, 9.17) is 0 Å². The molecule has 0 atom stereocenters. The SMILES string of the molecule is O=S(=O)(Br)c1ccc(Br)cc1F. The highest BCUT2D eigenvalue weighted by molar-refractivity contribution is 9.47. The van der Waals surface area contributed by atoms with Crippen LogP contribution in [0, 0.1) is 5.82 Å². The van der Waals surface area contributed by atoms with Crippen molar-refractivity contribution in [1.82, 2.24) is 0 Å². The smallest absolute Gasteiger partial charge is 0.212 e. The fourth-order valence-corrected chi connectivity index (χ4v) is 2.32. The minimum atomic E-state index is -3.63. The van der Waals surface area contributed by atoms with E-state index in [0.717, 1.165) is 6.07 Å². The fourth-order valence-electron chi connectivity index (χ4n) is 0.673. The number of hydrogen-bond acceptors (Lipinski definition) is 2. The monoisotopic (exact) mass is 316 g/mol. The van der Waals surface area contributed by atoms with Gasteiger partial charge in [0.25, 0.3) is 0 Å². The molecular weight excluding hydrogens is 315 g/mol. The maximum atomic E-state index is 12.9. The molecule has 66 valence electrons. The molecule has 0 aliphatic rings. The summed E-state index contributed by atoms with van der Waals surface area (Å²) in [6.07, 6.45) is 0. The van der Waals surface area contributed by atoms with Crippen molar-refractivity contribution in [2.75, 3.05) is 0 Å². The predicted octanol–water partition coefficient (Wildman–Crippen LogP) is 2.67. The second-order valence-electron chi connectivity index (χ2n) is 2.01. The average molecular weight is 318 g/mol. The van der Waals surface area contributed by atoms with Gasteiger partial charge in [0.1, 0.15) is 10.7 Å². The van der Waals surface area contributed by atoms with Crippen molar-refractivity contribution < 1.29 is 12.8 Å². The van der Waals surface area contributed by atoms with Crippen LogP contribution in [-0.2, 0) is 8.27 Å². The van der Waals surface area contributed by atoms with Gasteiger partial charge in [0.05, 0.1) is 14.8 Å². The van der Waals surface area contributed by atoms with Gasteiger partial charge >= 0.3 is 0 Å². The van der Waals surface area contributed by atoms with Crippen LogP contribution in [0.3, 0.4) is 0 Å². The van der Waals surface area contributed by atoms with E-state index in [2.05, 4.69) is 30.7 Å². The third-order valence-electron chi connectivity index (χ3n) is 1.16. The molecule has 0 N–H and O–H groups in total. The van der Waals surface area contributed by atoms with Gasteiger partial charge in [-0.1, -0.05) is 15.9 Å². The zero-order chi connectivity index (χ0) is 9.35. The molecule has 0 aliphatic carbocycles. The molecule has 0 bridgehead atoms. The van der Waals surface area contributed by atoms with E-state index in [0.29, 0.717) is 4.47 Å². The Morgan fingerprint density at radius 3 is 2.33 bits per heavy atom. The van der Waals surface area contributed by atoms with Crippen LogP contribution in [-0.4, -0.2) is 8.42 Å². The zero-order valence-electron chi connectivity index (χ0n) is 5.59. The van der Waals surface area contributed by atoms with Gasteiger partial charge in [0.2, 0.25) is 8.27 Å². The van der Waals surface area contributed by atoms with Gasteiger partial charge in [-0.25, -0.2) is 12.8 Å². The molecule has 12 heavy (non-hydrogen) atoms. The third-order valence-corrected chi connectivity index (χ3v) is 3.55. The number of hydrogen-bond donors (Lipinski definition) is 0. The number of benzene rings is 1. The van der Waals surface area contributed by atoms with Crippen molar-refractivity contribution in [2.24, 2.45) is 0 Å². The summed E-state index contributed by atoms with van der Waals surface area (Å²) in [6, 6.07) is 3.73. The zero-order valence-corrected chi connectivity index (χ0v) is 9.58. The van der Waals surface area contributed by atoms with Crippen molar-refractivity contribution in [3.63, 3.8) is 0 Å². The van der Waals surface area contributed by atoms with Crippen molar-refractivity contribution in [3.8, 4) is 0 Å². The summed E-state index contributed by atoms with van der Waals surface area (Å²) in [7, 11) is -3.63. The van der Waals surface area contributed by atoms with E-state index in [1.165, 1.54) is 12.1 Å². The molecule has 0 saturated heterocycles. The molecule has 1 aromatic rings. The molecule has 0 aromatic heterocycles. The normalized spacial score (nSPS) is 11.6. The molecule has 0 spiro atoms. The highest BCUT2D eigenvalue weighted by Gasteiger charge is 2.14. The van der Waals surface area contributed by atoms with Crippen LogP contribution >= 0.6 is 30.7 Å². The molecule has 1 aromatic carbocycles. The summed E-state index contributed by atoms with van der Waals surface area (Å²) in [4.78, 5) is -0.356. The van der Waals surface area contributed by atoms with Gasteiger partial charge in [0, 0.05) is 4.47 Å². The van der Waals surface area contributed by atoms with Crippen molar-refractivity contribution in [1.29, 1.82) is 0 Å². The Labute approximate surface area is 85.0 Å². The summed E-state index contributed by atoms with van der Waals surface area (Å²) >= 11 is 5.39. The van der Waals surface area contributed by atoms with Crippen molar-refractivity contribution in [2.45, 2.75) is 4.90 Å². The third kappa shape index (κ3) is 2.27. The Morgan fingerprint density at radius 2 is 1.92 bits per heavy atom. The van der Waals surface area contributed by atoms with Crippen molar-refractivity contribution >= 4 is 39.0 Å². The Kier molecular flexibility index (Phi) is 2.90. The van der Waals surface area contributed by atoms with Crippen LogP contribution in [0.5, 0.6) is 0 Å². The van der Waals surface area contributed by atoms with E-state index in [9.17, 15) is 12.8 Å². The van der Waals surface area contributed by atoms with Gasteiger partial charge in [-0.2, -0.15) is 0 Å². The van der Waals surface area contributed by atoms with Crippen LogP contribution in [0.15, 0.2) is 27.6 Å². The number of rotatable bonds is 1. The van der Waals surface area contributed by atoms with Gasteiger partial charge < -0.3 is 0 Å². The van der Waals surface area contributed by atoms with Gasteiger partial charge in [-0.3, -0.25) is 0 Å². The molecule has 0 radical (unpaired) electrons. The first-order valence-corrected chi connectivity index (χ1v) is 6.93. The first kappa shape index (κ1) is 10.1. The van der Waals surface area contributed by atoms with E-state index in [-0.39, 0.29) is 4.90 Å². The lowest BCUT2D eigenvalue weighted by Gasteiger charge is -1.98. The summed E-state index contributed by atoms with van der Waals surface area (Å²) in [5, 5.41) is 0. The summed E-state index contributed by atoms with van der Waals surface area (Å²) in [5.41, 5.74) is 0. The fraction of sp³-hybridized carbons (Fsp3) is 0. The van der Waals surface area contributed by atoms with Gasteiger partial charge in [-0.15, -0.1) is 0 Å². The molecule has 1 rings (SSSR count). The van der Waals surface area contributed by atoms with Gasteiger partial charge in [0.15, 0.2) is 0 Å². The molecule has 0 amide bonds. The second-order valence-corrected chi connectivity index (χ2v) is 6.80. The van der Waals surface area contributed by atoms with E-state index in [1.54, 1.807) is 0 Å². The number of halogens is 3. The maximum Gasteiger partial charge on any atom is 0.240 e. The summed E-state index contributed by atoms with van der Waals surface area (Å²) < 4.78 is 35.1. The van der Waals surface area contributed by atoms with Crippen LogP contribution in [0.25, 0.3) is 0 Å². The minimum Gasteiger partial charge on any atom is -0.212 e. The standard InChI is InChI=1S/C6H3Br2FO2S/c7-4-1-2-6(5(9)3-4)12(8,10)11/h1-3H. The summed E-state index contributed by atoms with van der Waals surface area (Å²) in [6.45, 7) is 0. The second kappa shape index (κ2) is 3.43. The lowest BCUT2D eigenvalue weighted by Crippen LogP contribution is -1.93. The minimum absolute atomic E-state index is 0.356. The van der Waals surface area contributed by atoms with E-state index in [1.807, 2.05) is 0 Å². The summed E-state index contributed by atoms with van der Waals surface area (Å²) in [5.74, 6) is -0.777. The molecule has 2 nitrogen and oxygen atoms in total. The molecule has 0 heterocycles. The molecule has 0 unspecified atom stereocenters. The van der Waals surface area contributed by atoms with Crippen LogP contribution in [0.4, 0.5) is 4.39 Å². The van der Waals surface area contributed by atoms with E-state index < -0.39 is 14.1 Å². The van der Waals surface area contributed by atoms with Crippen LogP contribution < -0.4 is 0 Å². The topological polar surface area (TPSA) is 34.1 Å². The highest BCUT2D eigenvalue weighted by Crippen LogP contribution is 2.23. The first-order chi connectivity index (χ1) is 5.41. The van der Waals surface area contributed by atoms with Gasteiger partial charge in [-0.05, 0) is 18.2 Å². The Bertz CT molecular complexity index is 402. The highest BCUT2D eigenvalue weighted by atomic mass is 79.9. The first-order valence-electron chi connectivity index (χ1n) is 2.81. The molecule has 0 fully saturated rings. The van der Waals surface area contributed by atoms with Crippen LogP contribution in [0.1, 0.15) is 0 Å². The molecule has 6 heteroatoms. The van der Waals surface area contributed by atoms with Crippen LogP contribution in [0.2, 0.25) is 0 Å². The Hall–Kier alpha value is 0.0600. The maximum absolute atomic E-state index is 12.9. The van der Waals surface area contributed by atoms with E-state index >= 15 is 0 Å². The molecule has 0 saturated carbocycles. The molecular formula is C6H3Br2FO2S. The Morgan fingerprint density at radius 1 is 1.33 bits per heavy atom. The lowest BCUT2D eigenvalue weighted by molar-refractivity contribution is 0.576.